The summed E-state index contributed by atoms with van der Waals surface area (Å²) in [7, 11) is 0. The van der Waals surface area contributed by atoms with Gasteiger partial charge in [0, 0.05) is 6.54 Å². The Bertz CT molecular complexity index is 670. The van der Waals surface area contributed by atoms with Crippen molar-refractivity contribution in [2.45, 2.75) is 72.5 Å². The molecule has 0 heterocycles. The monoisotopic (exact) mass is 352 g/mol. The van der Waals surface area contributed by atoms with E-state index in [4.69, 9.17) is 5.73 Å². The minimum Gasteiger partial charge on any atom is -0.312 e. The molecule has 2 heteroatoms. The first-order valence-corrected chi connectivity index (χ1v) is 10.0. The third-order valence-corrected chi connectivity index (χ3v) is 4.79. The van der Waals surface area contributed by atoms with Crippen LogP contribution in [0.25, 0.3) is 0 Å². The summed E-state index contributed by atoms with van der Waals surface area (Å²) >= 11 is 0. The molecule has 0 saturated heterocycles. The fraction of sp³-hybridized carbons (Fsp3) is 0.500. The van der Waals surface area contributed by atoms with Gasteiger partial charge in [0.15, 0.2) is 0 Å². The highest BCUT2D eigenvalue weighted by molar-refractivity contribution is 5.31. The predicted octanol–water partition coefficient (Wildman–Crippen LogP) is 5.76. The third-order valence-electron chi connectivity index (χ3n) is 4.79. The number of nitrogens with one attached hydrogen (secondary N) is 1. The summed E-state index contributed by atoms with van der Waals surface area (Å²) in [6.45, 7) is 9.91. The summed E-state index contributed by atoms with van der Waals surface area (Å²) in [6, 6.07) is 17.3. The molecule has 0 aliphatic carbocycles. The normalized spacial score (nSPS) is 13.0. The van der Waals surface area contributed by atoms with E-state index < -0.39 is 0 Å². The van der Waals surface area contributed by atoms with Crippen LogP contribution in [0, 0.1) is 5.41 Å². The second-order valence-electron chi connectivity index (χ2n) is 8.52. The molecule has 0 amide bonds. The van der Waals surface area contributed by atoms with Crippen molar-refractivity contribution < 1.29 is 0 Å². The van der Waals surface area contributed by atoms with Crippen LogP contribution >= 0.6 is 0 Å². The summed E-state index contributed by atoms with van der Waals surface area (Å²) in [5, 5.41) is 3.55. The molecule has 0 aliphatic rings. The van der Waals surface area contributed by atoms with E-state index in [9.17, 15) is 0 Å². The Kier molecular flexibility index (Phi) is 7.86. The van der Waals surface area contributed by atoms with Crippen molar-refractivity contribution in [2.24, 2.45) is 11.1 Å². The number of benzene rings is 2. The van der Waals surface area contributed by atoms with Gasteiger partial charge in [-0.2, -0.15) is 0 Å². The van der Waals surface area contributed by atoms with Crippen LogP contribution in [-0.4, -0.2) is 0 Å². The lowest BCUT2D eigenvalue weighted by Gasteiger charge is -2.22. The van der Waals surface area contributed by atoms with Gasteiger partial charge < -0.3 is 5.73 Å². The molecule has 2 rings (SSSR count). The molecule has 0 saturated carbocycles. The molecular formula is C24H36N2. The number of aryl methyl sites for hydroxylation is 1. The zero-order valence-corrected chi connectivity index (χ0v) is 17.0. The van der Waals surface area contributed by atoms with Crippen LogP contribution in [0.15, 0.2) is 48.5 Å². The Hall–Kier alpha value is -1.64. The molecule has 1 atom stereocenters. The molecule has 0 aromatic heterocycles. The molecule has 0 fully saturated rings. The predicted molar refractivity (Wildman–Crippen MR) is 113 cm³/mol. The number of hydrogen-bond donors (Lipinski definition) is 2. The summed E-state index contributed by atoms with van der Waals surface area (Å²) in [6.07, 6.45) is 5.81. The molecular weight excluding hydrogens is 316 g/mol. The molecule has 2 nitrogen and oxygen atoms in total. The Morgan fingerprint density at radius 3 is 2.15 bits per heavy atom. The van der Waals surface area contributed by atoms with Gasteiger partial charge in [0.1, 0.15) is 0 Å². The highest BCUT2D eigenvalue weighted by Crippen LogP contribution is 2.24. The maximum absolute atomic E-state index is 6.51. The van der Waals surface area contributed by atoms with Gasteiger partial charge in [0.2, 0.25) is 0 Å². The molecule has 26 heavy (non-hydrogen) atoms. The lowest BCUT2D eigenvalue weighted by Crippen LogP contribution is -2.29. The lowest BCUT2D eigenvalue weighted by atomic mass is 9.86. The van der Waals surface area contributed by atoms with Crippen molar-refractivity contribution in [2.75, 3.05) is 0 Å². The van der Waals surface area contributed by atoms with Gasteiger partial charge in [0.05, 0.1) is 6.17 Å². The first kappa shape index (κ1) is 20.7. The average Bonchev–Trinajstić information content (AvgIpc) is 2.60. The summed E-state index contributed by atoms with van der Waals surface area (Å²) in [5.41, 5.74) is 12.2. The largest absolute Gasteiger partial charge is 0.312 e. The third kappa shape index (κ3) is 6.59. The van der Waals surface area contributed by atoms with E-state index in [1.54, 1.807) is 0 Å². The smallest absolute Gasteiger partial charge is 0.0815 e. The topological polar surface area (TPSA) is 38.0 Å². The molecule has 2 aromatic rings. The standard InChI is InChI=1S/C24H36N2/c1-5-6-7-12-19-13-10-11-16-22(19)23(25)26-18-21-15-9-8-14-20(21)17-24(2,3)4/h8-11,13-16,23,26H,5-7,12,17-18,25H2,1-4H3. The van der Waals surface area contributed by atoms with Crippen LogP contribution in [0.3, 0.4) is 0 Å². The summed E-state index contributed by atoms with van der Waals surface area (Å²) in [5.74, 6) is 0. The van der Waals surface area contributed by atoms with E-state index in [1.165, 1.54) is 41.5 Å². The Labute approximate surface area is 160 Å². The highest BCUT2D eigenvalue weighted by Gasteiger charge is 2.15. The van der Waals surface area contributed by atoms with E-state index in [-0.39, 0.29) is 11.6 Å². The quantitative estimate of drug-likeness (QED) is 0.445. The van der Waals surface area contributed by atoms with Crippen molar-refractivity contribution >= 4 is 0 Å². The summed E-state index contributed by atoms with van der Waals surface area (Å²) < 4.78 is 0. The van der Waals surface area contributed by atoms with Crippen LogP contribution in [0.4, 0.5) is 0 Å². The second-order valence-corrected chi connectivity index (χ2v) is 8.52. The van der Waals surface area contributed by atoms with Crippen LogP contribution in [0.2, 0.25) is 0 Å². The van der Waals surface area contributed by atoms with Gasteiger partial charge in [-0.3, -0.25) is 5.32 Å². The second kappa shape index (κ2) is 9.89. The van der Waals surface area contributed by atoms with E-state index in [0.29, 0.717) is 0 Å². The van der Waals surface area contributed by atoms with Gasteiger partial charge in [-0.05, 0) is 46.9 Å². The first-order chi connectivity index (χ1) is 12.4. The fourth-order valence-electron chi connectivity index (χ4n) is 3.43. The highest BCUT2D eigenvalue weighted by atomic mass is 15.0. The maximum Gasteiger partial charge on any atom is 0.0815 e. The van der Waals surface area contributed by atoms with Gasteiger partial charge in [-0.25, -0.2) is 0 Å². The van der Waals surface area contributed by atoms with Crippen molar-refractivity contribution in [3.63, 3.8) is 0 Å². The van der Waals surface area contributed by atoms with Crippen LogP contribution < -0.4 is 11.1 Å². The van der Waals surface area contributed by atoms with Gasteiger partial charge in [-0.1, -0.05) is 89.1 Å². The SMILES string of the molecule is CCCCCc1ccccc1C(N)NCc1ccccc1CC(C)(C)C. The summed E-state index contributed by atoms with van der Waals surface area (Å²) in [4.78, 5) is 0. The van der Waals surface area contributed by atoms with Gasteiger partial charge in [-0.15, -0.1) is 0 Å². The van der Waals surface area contributed by atoms with Crippen LogP contribution in [-0.2, 0) is 19.4 Å². The van der Waals surface area contributed by atoms with Gasteiger partial charge >= 0.3 is 0 Å². The first-order valence-electron chi connectivity index (χ1n) is 10.0. The van der Waals surface area contributed by atoms with Crippen LogP contribution in [0.1, 0.15) is 75.4 Å². The van der Waals surface area contributed by atoms with E-state index >= 15 is 0 Å². The Balaban J connectivity index is 2.04. The van der Waals surface area contributed by atoms with Gasteiger partial charge in [0.25, 0.3) is 0 Å². The van der Waals surface area contributed by atoms with Crippen LogP contribution in [0.5, 0.6) is 0 Å². The zero-order chi connectivity index (χ0) is 19.0. The number of nitrogens with two attached hydrogens (primary N) is 1. The molecule has 2 aromatic carbocycles. The number of hydrogen-bond acceptors (Lipinski definition) is 2. The minimum atomic E-state index is -0.129. The molecule has 1 unspecified atom stereocenters. The average molecular weight is 353 g/mol. The molecule has 0 bridgehead atoms. The van der Waals surface area contributed by atoms with Crippen molar-refractivity contribution in [1.82, 2.24) is 5.32 Å². The molecule has 142 valence electrons. The van der Waals surface area contributed by atoms with Crippen molar-refractivity contribution in [3.8, 4) is 0 Å². The molecule has 0 aliphatic heterocycles. The molecule has 0 spiro atoms. The minimum absolute atomic E-state index is 0.129. The Morgan fingerprint density at radius 2 is 1.50 bits per heavy atom. The molecule has 3 N–H and O–H groups in total. The maximum atomic E-state index is 6.51. The van der Waals surface area contributed by atoms with Crippen molar-refractivity contribution in [3.05, 3.63) is 70.8 Å². The number of unbranched alkanes of at least 4 members (excludes halogenated alkanes) is 2. The van der Waals surface area contributed by atoms with E-state index in [1.807, 2.05) is 0 Å². The van der Waals surface area contributed by atoms with E-state index in [0.717, 1.165) is 19.4 Å². The fourth-order valence-corrected chi connectivity index (χ4v) is 3.43. The van der Waals surface area contributed by atoms with Crippen molar-refractivity contribution in [1.29, 1.82) is 0 Å². The number of rotatable bonds is 9. The zero-order valence-electron chi connectivity index (χ0n) is 17.0. The van der Waals surface area contributed by atoms with E-state index in [2.05, 4.69) is 81.5 Å². The lowest BCUT2D eigenvalue weighted by molar-refractivity contribution is 0.408. The molecule has 0 radical (unpaired) electrons. The Morgan fingerprint density at radius 1 is 0.885 bits per heavy atom.